The molecule has 1 fully saturated rings. The maximum absolute atomic E-state index is 13.1. The lowest BCUT2D eigenvalue weighted by molar-refractivity contribution is 0.0620. The van der Waals surface area contributed by atoms with Gasteiger partial charge >= 0.3 is 0 Å². The van der Waals surface area contributed by atoms with Gasteiger partial charge in [0.25, 0.3) is 11.8 Å². The molecule has 1 aliphatic rings. The van der Waals surface area contributed by atoms with Crippen LogP contribution < -0.4 is 4.74 Å². The maximum atomic E-state index is 13.1. The number of carbonyl (C=O) groups is 1. The molecule has 0 aliphatic carbocycles. The smallest absolute Gasteiger partial charge is 0.258 e. The molecule has 1 aromatic heterocycles. The van der Waals surface area contributed by atoms with Gasteiger partial charge in [0.2, 0.25) is 5.82 Å². The van der Waals surface area contributed by atoms with Crippen molar-refractivity contribution in [3.05, 3.63) is 89.4 Å². The van der Waals surface area contributed by atoms with Crippen molar-refractivity contribution >= 4 is 17.5 Å². The topological polar surface area (TPSA) is 71.7 Å². The first-order valence-corrected chi connectivity index (χ1v) is 11.9. The molecule has 35 heavy (non-hydrogen) atoms. The summed E-state index contributed by atoms with van der Waals surface area (Å²) in [5, 5.41) is 4.77. The average Bonchev–Trinajstić information content (AvgIpc) is 3.41. The predicted octanol–water partition coefficient (Wildman–Crippen LogP) is 4.89. The van der Waals surface area contributed by atoms with E-state index >= 15 is 0 Å². The van der Waals surface area contributed by atoms with Gasteiger partial charge in [0, 0.05) is 54.4 Å². The summed E-state index contributed by atoms with van der Waals surface area (Å²) in [5.41, 5.74) is 2.22. The fourth-order valence-electron chi connectivity index (χ4n) is 4.01. The van der Waals surface area contributed by atoms with Gasteiger partial charge in [-0.25, -0.2) is 0 Å². The highest BCUT2D eigenvalue weighted by Gasteiger charge is 2.23. The number of aromatic nitrogens is 2. The standard InChI is InChI=1S/C27H25ClN4O3/c28-23-9-11-24(12-10-23)34-18-17-31-13-15-32(16-14-31)27(33)22-8-4-7-21(19-22)26-29-25(30-35-26)20-5-2-1-3-6-20/h1-12,19H,13-18H2. The second-order valence-electron chi connectivity index (χ2n) is 8.31. The van der Waals surface area contributed by atoms with Crippen LogP contribution in [0.1, 0.15) is 10.4 Å². The molecule has 3 aromatic carbocycles. The highest BCUT2D eigenvalue weighted by atomic mass is 35.5. The number of carbonyl (C=O) groups excluding carboxylic acids is 1. The molecule has 0 atom stereocenters. The molecule has 0 saturated carbocycles. The van der Waals surface area contributed by atoms with Crippen LogP contribution in [-0.2, 0) is 0 Å². The molecule has 1 saturated heterocycles. The minimum atomic E-state index is 0.00622. The number of amides is 1. The van der Waals surface area contributed by atoms with E-state index in [9.17, 15) is 4.79 Å². The molecule has 0 bridgehead atoms. The summed E-state index contributed by atoms with van der Waals surface area (Å²) in [6.45, 7) is 4.35. The van der Waals surface area contributed by atoms with E-state index in [2.05, 4.69) is 15.0 Å². The summed E-state index contributed by atoms with van der Waals surface area (Å²) in [7, 11) is 0. The van der Waals surface area contributed by atoms with Gasteiger partial charge in [-0.3, -0.25) is 9.69 Å². The SMILES string of the molecule is O=C(c1cccc(-c2nc(-c3ccccc3)no2)c1)N1CCN(CCOc2ccc(Cl)cc2)CC1. The quantitative estimate of drug-likeness (QED) is 0.368. The molecule has 0 spiro atoms. The monoisotopic (exact) mass is 488 g/mol. The van der Waals surface area contributed by atoms with Crippen LogP contribution in [0.15, 0.2) is 83.4 Å². The third-order valence-corrected chi connectivity index (χ3v) is 6.22. The van der Waals surface area contributed by atoms with Gasteiger partial charge in [0.05, 0.1) is 0 Å². The van der Waals surface area contributed by atoms with Gasteiger partial charge in [-0.05, 0) is 42.5 Å². The first kappa shape index (κ1) is 23.1. The van der Waals surface area contributed by atoms with E-state index in [1.165, 1.54) is 0 Å². The lowest BCUT2D eigenvalue weighted by atomic mass is 10.1. The largest absolute Gasteiger partial charge is 0.492 e. The molecule has 178 valence electrons. The molecular weight excluding hydrogens is 464 g/mol. The van der Waals surface area contributed by atoms with Crippen molar-refractivity contribution in [3.63, 3.8) is 0 Å². The highest BCUT2D eigenvalue weighted by Crippen LogP contribution is 2.23. The van der Waals surface area contributed by atoms with Crippen LogP contribution in [0.4, 0.5) is 0 Å². The average molecular weight is 489 g/mol. The number of rotatable bonds is 7. The van der Waals surface area contributed by atoms with Gasteiger partial charge in [-0.15, -0.1) is 0 Å². The van der Waals surface area contributed by atoms with Crippen molar-refractivity contribution in [1.82, 2.24) is 19.9 Å². The van der Waals surface area contributed by atoms with Crippen LogP contribution in [0.2, 0.25) is 5.02 Å². The fraction of sp³-hybridized carbons (Fsp3) is 0.222. The van der Waals surface area contributed by atoms with E-state index in [-0.39, 0.29) is 5.91 Å². The number of nitrogens with zero attached hydrogens (tertiary/aromatic N) is 4. The summed E-state index contributed by atoms with van der Waals surface area (Å²) in [6.07, 6.45) is 0. The van der Waals surface area contributed by atoms with E-state index in [4.69, 9.17) is 20.9 Å². The zero-order valence-electron chi connectivity index (χ0n) is 19.1. The number of hydrogen-bond donors (Lipinski definition) is 0. The maximum Gasteiger partial charge on any atom is 0.258 e. The predicted molar refractivity (Wildman–Crippen MR) is 134 cm³/mol. The Hall–Kier alpha value is -3.68. The Morgan fingerprint density at radius 2 is 1.66 bits per heavy atom. The minimum absolute atomic E-state index is 0.00622. The number of piperazine rings is 1. The summed E-state index contributed by atoms with van der Waals surface area (Å²) in [4.78, 5) is 21.8. The van der Waals surface area contributed by atoms with E-state index in [1.807, 2.05) is 83.8 Å². The summed E-state index contributed by atoms with van der Waals surface area (Å²) in [5.74, 6) is 1.73. The second kappa shape index (κ2) is 10.7. The zero-order valence-corrected chi connectivity index (χ0v) is 19.9. The van der Waals surface area contributed by atoms with Gasteiger partial charge in [0.1, 0.15) is 12.4 Å². The third-order valence-electron chi connectivity index (χ3n) is 5.96. The lowest BCUT2D eigenvalue weighted by Gasteiger charge is -2.34. The zero-order chi connectivity index (χ0) is 24.0. The molecule has 1 amide bonds. The van der Waals surface area contributed by atoms with Gasteiger partial charge in [-0.2, -0.15) is 4.98 Å². The summed E-state index contributed by atoms with van der Waals surface area (Å²) < 4.78 is 11.3. The molecule has 1 aliphatic heterocycles. The van der Waals surface area contributed by atoms with E-state index in [0.29, 0.717) is 42.0 Å². The summed E-state index contributed by atoms with van der Waals surface area (Å²) >= 11 is 5.91. The number of hydrogen-bond acceptors (Lipinski definition) is 6. The molecular formula is C27H25ClN4O3. The minimum Gasteiger partial charge on any atom is -0.492 e. The van der Waals surface area contributed by atoms with Crippen molar-refractivity contribution in [1.29, 1.82) is 0 Å². The van der Waals surface area contributed by atoms with Crippen LogP contribution in [0.5, 0.6) is 5.75 Å². The van der Waals surface area contributed by atoms with Crippen LogP contribution in [0.25, 0.3) is 22.8 Å². The third kappa shape index (κ3) is 5.70. The summed E-state index contributed by atoms with van der Waals surface area (Å²) in [6, 6.07) is 24.4. The molecule has 0 unspecified atom stereocenters. The van der Waals surface area contributed by atoms with Crippen molar-refractivity contribution < 1.29 is 14.1 Å². The van der Waals surface area contributed by atoms with Gasteiger partial charge < -0.3 is 14.2 Å². The first-order valence-electron chi connectivity index (χ1n) is 11.6. The Morgan fingerprint density at radius 1 is 0.914 bits per heavy atom. The fourth-order valence-corrected chi connectivity index (χ4v) is 4.14. The Morgan fingerprint density at radius 3 is 2.43 bits per heavy atom. The first-order chi connectivity index (χ1) is 17.2. The number of ether oxygens (including phenoxy) is 1. The van der Waals surface area contributed by atoms with E-state index in [0.717, 1.165) is 36.5 Å². The highest BCUT2D eigenvalue weighted by molar-refractivity contribution is 6.30. The van der Waals surface area contributed by atoms with Crippen LogP contribution in [0, 0.1) is 0 Å². The molecule has 0 radical (unpaired) electrons. The van der Waals surface area contributed by atoms with Crippen molar-refractivity contribution in [2.45, 2.75) is 0 Å². The van der Waals surface area contributed by atoms with Crippen molar-refractivity contribution in [2.75, 3.05) is 39.3 Å². The van der Waals surface area contributed by atoms with Gasteiger partial charge in [-0.1, -0.05) is 53.2 Å². The Labute approximate surface area is 208 Å². The normalized spacial score (nSPS) is 14.1. The van der Waals surface area contributed by atoms with Crippen LogP contribution in [0.3, 0.4) is 0 Å². The molecule has 8 heteroatoms. The van der Waals surface area contributed by atoms with Crippen LogP contribution in [-0.4, -0.2) is 65.2 Å². The van der Waals surface area contributed by atoms with Crippen molar-refractivity contribution in [3.8, 4) is 28.6 Å². The lowest BCUT2D eigenvalue weighted by Crippen LogP contribution is -2.49. The second-order valence-corrected chi connectivity index (χ2v) is 8.74. The molecule has 2 heterocycles. The Kier molecular flexibility index (Phi) is 7.07. The van der Waals surface area contributed by atoms with Gasteiger partial charge in [0.15, 0.2) is 0 Å². The molecule has 7 nitrogen and oxygen atoms in total. The molecule has 4 aromatic rings. The van der Waals surface area contributed by atoms with E-state index in [1.54, 1.807) is 0 Å². The Bertz CT molecular complexity index is 1270. The Balaban J connectivity index is 1.15. The van der Waals surface area contributed by atoms with E-state index < -0.39 is 0 Å². The van der Waals surface area contributed by atoms with Crippen molar-refractivity contribution in [2.24, 2.45) is 0 Å². The number of benzene rings is 3. The molecule has 0 N–H and O–H groups in total. The van der Waals surface area contributed by atoms with Crippen LogP contribution >= 0.6 is 11.6 Å². The number of halogens is 1. The molecule has 5 rings (SSSR count).